The molecule has 0 aliphatic rings. The largest absolute Gasteiger partial charge is 0.465 e. The topological polar surface area (TPSA) is 72.5 Å². The normalized spacial score (nSPS) is 11.1. The van der Waals surface area contributed by atoms with Gasteiger partial charge in [0, 0.05) is 5.69 Å². The summed E-state index contributed by atoms with van der Waals surface area (Å²) in [4.78, 5) is 11.4. The highest BCUT2D eigenvalue weighted by atomic mass is 32.2. The molecule has 0 atom stereocenters. The summed E-state index contributed by atoms with van der Waals surface area (Å²) < 4.78 is 58.3. The van der Waals surface area contributed by atoms with Crippen LogP contribution in [0.2, 0.25) is 0 Å². The highest BCUT2D eigenvalue weighted by Crippen LogP contribution is 2.24. The van der Waals surface area contributed by atoms with E-state index in [1.54, 1.807) is 12.1 Å². The first-order chi connectivity index (χ1) is 13.8. The second-order valence-electron chi connectivity index (χ2n) is 6.26. The minimum Gasteiger partial charge on any atom is -0.465 e. The zero-order valence-electron chi connectivity index (χ0n) is 15.4. The molecule has 3 aromatic rings. The summed E-state index contributed by atoms with van der Waals surface area (Å²) in [7, 11) is -2.43. The molecule has 0 aromatic heterocycles. The molecule has 8 heteroatoms. The Morgan fingerprint density at radius 2 is 1.52 bits per heavy atom. The van der Waals surface area contributed by atoms with E-state index in [0.29, 0.717) is 27.9 Å². The molecule has 0 amide bonds. The van der Waals surface area contributed by atoms with E-state index in [2.05, 4.69) is 9.46 Å². The van der Waals surface area contributed by atoms with E-state index in [1.165, 1.54) is 49.6 Å². The third kappa shape index (κ3) is 5.17. The molecule has 0 saturated carbocycles. The average molecular weight is 417 g/mol. The number of hydrogen-bond acceptors (Lipinski definition) is 4. The van der Waals surface area contributed by atoms with Gasteiger partial charge in [0.2, 0.25) is 10.0 Å². The molecule has 0 spiro atoms. The van der Waals surface area contributed by atoms with Crippen molar-refractivity contribution in [1.82, 2.24) is 0 Å². The number of carbonyl (C=O) groups excluding carboxylic acids is 1. The summed E-state index contributed by atoms with van der Waals surface area (Å²) in [6.07, 6.45) is 0. The number of anilines is 1. The molecule has 0 fully saturated rings. The molecular weight excluding hydrogens is 400 g/mol. The van der Waals surface area contributed by atoms with E-state index in [9.17, 15) is 22.0 Å². The van der Waals surface area contributed by atoms with Gasteiger partial charge in [-0.25, -0.2) is 22.0 Å². The Kier molecular flexibility index (Phi) is 5.93. The van der Waals surface area contributed by atoms with Crippen molar-refractivity contribution in [3.05, 3.63) is 89.5 Å². The van der Waals surface area contributed by atoms with Crippen LogP contribution in [0.5, 0.6) is 0 Å². The fraction of sp³-hybridized carbons (Fsp3) is 0.0952. The first-order valence-electron chi connectivity index (χ1n) is 8.50. The Hall–Kier alpha value is -3.26. The summed E-state index contributed by atoms with van der Waals surface area (Å²) in [5.41, 5.74) is 2.26. The fourth-order valence-electron chi connectivity index (χ4n) is 2.70. The van der Waals surface area contributed by atoms with Crippen LogP contribution in [0.25, 0.3) is 11.1 Å². The highest BCUT2D eigenvalue weighted by Gasteiger charge is 2.13. The number of esters is 1. The van der Waals surface area contributed by atoms with E-state index in [4.69, 9.17) is 0 Å². The molecule has 0 radical (unpaired) electrons. The van der Waals surface area contributed by atoms with Crippen molar-refractivity contribution in [2.45, 2.75) is 5.75 Å². The Bertz CT molecular complexity index is 1130. The van der Waals surface area contributed by atoms with Gasteiger partial charge in [-0.1, -0.05) is 30.3 Å². The predicted octanol–water partition coefficient (Wildman–Crippen LogP) is 4.36. The van der Waals surface area contributed by atoms with Gasteiger partial charge in [0.05, 0.1) is 18.4 Å². The van der Waals surface area contributed by atoms with Crippen molar-refractivity contribution in [1.29, 1.82) is 0 Å². The summed E-state index contributed by atoms with van der Waals surface area (Å²) in [5, 5.41) is 0. The number of halogens is 2. The predicted molar refractivity (Wildman–Crippen MR) is 106 cm³/mol. The van der Waals surface area contributed by atoms with Crippen molar-refractivity contribution in [3.8, 4) is 11.1 Å². The lowest BCUT2D eigenvalue weighted by Crippen LogP contribution is -2.15. The zero-order chi connectivity index (χ0) is 21.0. The highest BCUT2D eigenvalue weighted by molar-refractivity contribution is 7.91. The number of carbonyl (C=O) groups is 1. The second kappa shape index (κ2) is 8.40. The van der Waals surface area contributed by atoms with Gasteiger partial charge in [0.25, 0.3) is 0 Å². The van der Waals surface area contributed by atoms with Gasteiger partial charge >= 0.3 is 5.97 Å². The molecule has 1 N–H and O–H groups in total. The molecule has 3 aromatic carbocycles. The summed E-state index contributed by atoms with van der Waals surface area (Å²) in [6.45, 7) is 0. The van der Waals surface area contributed by atoms with Gasteiger partial charge in [-0.15, -0.1) is 0 Å². The van der Waals surface area contributed by atoms with Crippen LogP contribution in [0.1, 0.15) is 15.9 Å². The molecule has 0 saturated heterocycles. The van der Waals surface area contributed by atoms with Crippen LogP contribution in [0, 0.1) is 11.6 Å². The van der Waals surface area contributed by atoms with Crippen molar-refractivity contribution < 1.29 is 26.7 Å². The molecule has 0 bridgehead atoms. The minimum absolute atomic E-state index is 0.278. The van der Waals surface area contributed by atoms with Gasteiger partial charge in [-0.3, -0.25) is 4.72 Å². The number of sulfonamides is 1. The monoisotopic (exact) mass is 417 g/mol. The minimum atomic E-state index is -3.69. The molecular formula is C21H17F2NO4S. The smallest absolute Gasteiger partial charge is 0.337 e. The van der Waals surface area contributed by atoms with E-state index in [1.807, 2.05) is 0 Å². The Morgan fingerprint density at radius 3 is 2.10 bits per heavy atom. The average Bonchev–Trinajstić information content (AvgIpc) is 2.70. The lowest BCUT2D eigenvalue weighted by atomic mass is 10.1. The van der Waals surface area contributed by atoms with Crippen LogP contribution < -0.4 is 4.72 Å². The number of hydrogen-bond donors (Lipinski definition) is 1. The number of methoxy groups -OCH3 is 1. The lowest BCUT2D eigenvalue weighted by Gasteiger charge is -2.10. The maximum Gasteiger partial charge on any atom is 0.337 e. The molecule has 0 heterocycles. The van der Waals surface area contributed by atoms with Crippen molar-refractivity contribution in [2.24, 2.45) is 0 Å². The van der Waals surface area contributed by atoms with Gasteiger partial charge in [-0.2, -0.15) is 0 Å². The summed E-state index contributed by atoms with van der Waals surface area (Å²) >= 11 is 0. The molecule has 0 aliphatic carbocycles. The zero-order valence-corrected chi connectivity index (χ0v) is 16.2. The molecule has 29 heavy (non-hydrogen) atoms. The van der Waals surface area contributed by atoms with Crippen LogP contribution in [-0.4, -0.2) is 21.5 Å². The van der Waals surface area contributed by atoms with Gasteiger partial charge < -0.3 is 4.74 Å². The number of benzene rings is 3. The van der Waals surface area contributed by atoms with Crippen LogP contribution in [0.15, 0.2) is 66.7 Å². The Balaban J connectivity index is 1.70. The Morgan fingerprint density at radius 1 is 0.897 bits per heavy atom. The van der Waals surface area contributed by atoms with Crippen molar-refractivity contribution in [3.63, 3.8) is 0 Å². The third-order valence-electron chi connectivity index (χ3n) is 4.14. The quantitative estimate of drug-likeness (QED) is 0.605. The SMILES string of the molecule is COC(=O)c1ccc(CS(=O)(=O)Nc2ccc(-c3ccc(F)c(F)c3)cc2)cc1. The number of rotatable bonds is 6. The van der Waals surface area contributed by atoms with Gasteiger partial charge in [-0.05, 0) is 53.1 Å². The first kappa shape index (κ1) is 20.5. The fourth-order valence-corrected chi connectivity index (χ4v) is 3.90. The summed E-state index contributed by atoms with van der Waals surface area (Å²) in [5.74, 6) is -2.67. The first-order valence-corrected chi connectivity index (χ1v) is 10.2. The molecule has 0 unspecified atom stereocenters. The number of nitrogens with one attached hydrogen (secondary N) is 1. The van der Waals surface area contributed by atoms with E-state index in [-0.39, 0.29) is 5.75 Å². The van der Waals surface area contributed by atoms with Crippen LogP contribution in [0.4, 0.5) is 14.5 Å². The molecule has 0 aliphatic heterocycles. The van der Waals surface area contributed by atoms with Gasteiger partial charge in [0.15, 0.2) is 11.6 Å². The maximum atomic E-state index is 13.4. The molecule has 150 valence electrons. The maximum absolute atomic E-state index is 13.4. The lowest BCUT2D eigenvalue weighted by molar-refractivity contribution is 0.0600. The standard InChI is InChI=1S/C21H17F2NO4S/c1-28-21(25)16-4-2-14(3-5-16)13-29(26,27)24-18-9-6-15(7-10-18)17-8-11-19(22)20(23)12-17/h2-12,24H,13H2,1H3. The summed E-state index contributed by atoms with van der Waals surface area (Å²) in [6, 6.07) is 15.9. The van der Waals surface area contributed by atoms with E-state index < -0.39 is 27.6 Å². The van der Waals surface area contributed by atoms with Crippen molar-refractivity contribution >= 4 is 21.7 Å². The van der Waals surface area contributed by atoms with Crippen molar-refractivity contribution in [2.75, 3.05) is 11.8 Å². The van der Waals surface area contributed by atoms with E-state index >= 15 is 0 Å². The van der Waals surface area contributed by atoms with Crippen LogP contribution in [0.3, 0.4) is 0 Å². The third-order valence-corrected chi connectivity index (χ3v) is 5.40. The van der Waals surface area contributed by atoms with Gasteiger partial charge in [0.1, 0.15) is 0 Å². The second-order valence-corrected chi connectivity index (χ2v) is 7.98. The molecule has 5 nitrogen and oxygen atoms in total. The number of ether oxygens (including phenoxy) is 1. The van der Waals surface area contributed by atoms with E-state index in [0.717, 1.165) is 12.1 Å². The molecule has 3 rings (SSSR count). The van der Waals surface area contributed by atoms with Crippen LogP contribution in [-0.2, 0) is 20.5 Å². The Labute approximate surface area is 167 Å². The van der Waals surface area contributed by atoms with Crippen LogP contribution >= 0.6 is 0 Å².